The van der Waals surface area contributed by atoms with E-state index < -0.39 is 0 Å². The molecule has 0 aliphatic heterocycles. The average molecular weight is 136 g/mol. The highest BCUT2D eigenvalue weighted by Crippen LogP contribution is 1.81. The molecule has 1 nitrogen and oxygen atoms in total. The van der Waals surface area contributed by atoms with Gasteiger partial charge in [-0.05, 0) is 18.1 Å². The molecule has 0 fully saturated rings. The zero-order valence-electron chi connectivity index (χ0n) is 6.79. The van der Waals surface area contributed by atoms with Crippen LogP contribution in [0, 0.1) is 5.92 Å². The van der Waals surface area contributed by atoms with Gasteiger partial charge in [0.05, 0.1) is 6.26 Å². The lowest BCUT2D eigenvalue weighted by atomic mass is 10.1. The van der Waals surface area contributed by atoms with Crippen molar-refractivity contribution in [2.75, 3.05) is 0 Å². The maximum absolute atomic E-state index is 5.11. The number of rotatable bonds is 0. The molecule has 0 spiro atoms. The lowest BCUT2D eigenvalue weighted by molar-refractivity contribution is 0.602. The van der Waals surface area contributed by atoms with Gasteiger partial charge in [-0.25, -0.2) is 0 Å². The Labute approximate surface area is 63.8 Å². The maximum atomic E-state index is 5.11. The van der Waals surface area contributed by atoms with Gasteiger partial charge in [0.1, 0.15) is 0 Å². The van der Waals surface area contributed by atoms with Gasteiger partial charge in [0, 0.05) is 5.66 Å². The molecular weight excluding hydrogens is 123 g/mol. The van der Waals surface area contributed by atoms with Crippen LogP contribution in [0.4, 0.5) is 0 Å². The molecule has 2 heteroatoms. The summed E-state index contributed by atoms with van der Waals surface area (Å²) < 4.78 is 4.61. The van der Waals surface area contributed by atoms with Crippen molar-refractivity contribution in [1.29, 1.82) is 0 Å². The lowest BCUT2D eigenvalue weighted by Gasteiger charge is -1.79. The maximum Gasteiger partial charge on any atom is 0.167 e. The molecule has 0 amide bonds. The first kappa shape index (κ1) is 9.34. The molecule has 0 saturated carbocycles. The van der Waals surface area contributed by atoms with Crippen molar-refractivity contribution in [2.45, 2.75) is 20.8 Å². The second-order valence-corrected chi connectivity index (χ2v) is 2.75. The van der Waals surface area contributed by atoms with E-state index in [-0.39, 0.29) is 0 Å². The van der Waals surface area contributed by atoms with Gasteiger partial charge in [0.15, 0.2) is 7.85 Å². The van der Waals surface area contributed by atoms with Crippen molar-refractivity contribution < 1.29 is 4.42 Å². The van der Waals surface area contributed by atoms with E-state index in [2.05, 4.69) is 25.2 Å². The first-order chi connectivity index (χ1) is 4.63. The largest absolute Gasteiger partial charge is 0.481 e. The first-order valence-electron chi connectivity index (χ1n) is 3.42. The van der Waals surface area contributed by atoms with E-state index in [9.17, 15) is 0 Å². The van der Waals surface area contributed by atoms with Crippen LogP contribution in [0.1, 0.15) is 20.8 Å². The fraction of sp³-hybridized carbons (Fsp3) is 0.500. The minimum absolute atomic E-state index is 0.468. The molecule has 0 atom stereocenters. The highest BCUT2D eigenvalue weighted by molar-refractivity contribution is 6.29. The second kappa shape index (κ2) is 5.16. The molecule has 1 aromatic heterocycles. The Morgan fingerprint density at radius 2 is 1.90 bits per heavy atom. The quantitative estimate of drug-likeness (QED) is 0.495. The molecule has 0 aromatic carbocycles. The molecule has 2 radical (unpaired) electrons. The van der Waals surface area contributed by atoms with E-state index >= 15 is 0 Å². The van der Waals surface area contributed by atoms with Gasteiger partial charge in [-0.1, -0.05) is 20.8 Å². The van der Waals surface area contributed by atoms with E-state index in [1.165, 1.54) is 6.26 Å². The Hall–Kier alpha value is -0.655. The standard InChI is InChI=1S/C4H3BO.C4H10/c5-4-2-1-3-6-4;1-4(2)3/h1-3H;4H,1-3H3. The van der Waals surface area contributed by atoms with Gasteiger partial charge < -0.3 is 4.42 Å². The molecule has 1 heterocycles. The third kappa shape index (κ3) is 7.34. The van der Waals surface area contributed by atoms with Crippen LogP contribution in [0.25, 0.3) is 0 Å². The van der Waals surface area contributed by atoms with Crippen LogP contribution in [0.2, 0.25) is 0 Å². The highest BCUT2D eigenvalue weighted by Gasteiger charge is 1.75. The topological polar surface area (TPSA) is 13.1 Å². The minimum Gasteiger partial charge on any atom is -0.481 e. The van der Waals surface area contributed by atoms with Crippen molar-refractivity contribution in [3.8, 4) is 0 Å². The molecule has 1 rings (SSSR count). The molecule has 0 unspecified atom stereocenters. The summed E-state index contributed by atoms with van der Waals surface area (Å²) >= 11 is 0. The monoisotopic (exact) mass is 136 g/mol. The molecule has 0 saturated heterocycles. The molecule has 0 aliphatic rings. The van der Waals surface area contributed by atoms with Gasteiger partial charge in [-0.15, -0.1) is 0 Å². The fourth-order valence-corrected chi connectivity index (χ4v) is 0.291. The van der Waals surface area contributed by atoms with Crippen molar-refractivity contribution in [1.82, 2.24) is 0 Å². The Morgan fingerprint density at radius 3 is 2.00 bits per heavy atom. The summed E-state index contributed by atoms with van der Waals surface area (Å²) in [6.07, 6.45) is 1.54. The van der Waals surface area contributed by atoms with E-state index in [0.29, 0.717) is 5.66 Å². The zero-order valence-corrected chi connectivity index (χ0v) is 6.79. The Morgan fingerprint density at radius 1 is 1.40 bits per heavy atom. The Balaban J connectivity index is 0.000000180. The summed E-state index contributed by atoms with van der Waals surface area (Å²) in [6.45, 7) is 6.50. The predicted molar refractivity (Wildman–Crippen MR) is 44.6 cm³/mol. The summed E-state index contributed by atoms with van der Waals surface area (Å²) in [7, 11) is 5.11. The summed E-state index contributed by atoms with van der Waals surface area (Å²) in [5, 5.41) is 0. The summed E-state index contributed by atoms with van der Waals surface area (Å²) in [5.74, 6) is 0.833. The van der Waals surface area contributed by atoms with Crippen molar-refractivity contribution in [3.05, 3.63) is 18.4 Å². The van der Waals surface area contributed by atoms with Crippen LogP contribution in [0.5, 0.6) is 0 Å². The van der Waals surface area contributed by atoms with Crippen molar-refractivity contribution in [3.63, 3.8) is 0 Å². The van der Waals surface area contributed by atoms with Gasteiger partial charge >= 0.3 is 0 Å². The lowest BCUT2D eigenvalue weighted by Crippen LogP contribution is -1.92. The van der Waals surface area contributed by atoms with Gasteiger partial charge in [-0.2, -0.15) is 0 Å². The van der Waals surface area contributed by atoms with E-state index in [4.69, 9.17) is 7.85 Å². The van der Waals surface area contributed by atoms with Crippen LogP contribution >= 0.6 is 0 Å². The van der Waals surface area contributed by atoms with Crippen LogP contribution < -0.4 is 5.66 Å². The zero-order chi connectivity index (χ0) is 7.98. The van der Waals surface area contributed by atoms with E-state index in [0.717, 1.165) is 5.92 Å². The van der Waals surface area contributed by atoms with E-state index in [1.54, 1.807) is 12.1 Å². The minimum atomic E-state index is 0.468. The van der Waals surface area contributed by atoms with Crippen LogP contribution in [0.15, 0.2) is 22.8 Å². The molecule has 0 aliphatic carbocycles. The first-order valence-corrected chi connectivity index (χ1v) is 3.42. The highest BCUT2D eigenvalue weighted by atomic mass is 16.3. The fourth-order valence-electron chi connectivity index (χ4n) is 0.291. The molecule has 54 valence electrons. The SMILES string of the molecule is CC(C)C.[B]c1ccco1. The molecule has 0 bridgehead atoms. The van der Waals surface area contributed by atoms with Gasteiger partial charge in [0.2, 0.25) is 0 Å². The predicted octanol–water partition coefficient (Wildman–Crippen LogP) is 1.74. The summed E-state index contributed by atoms with van der Waals surface area (Å²) in [6, 6.07) is 3.44. The van der Waals surface area contributed by atoms with Crippen LogP contribution in [0.3, 0.4) is 0 Å². The van der Waals surface area contributed by atoms with Gasteiger partial charge in [0.25, 0.3) is 0 Å². The third-order valence-electron chi connectivity index (χ3n) is 0.543. The normalized spacial score (nSPS) is 8.80. The van der Waals surface area contributed by atoms with Crippen LogP contribution in [-0.4, -0.2) is 7.85 Å². The average Bonchev–Trinajstić information content (AvgIpc) is 2.15. The van der Waals surface area contributed by atoms with E-state index in [1.807, 2.05) is 0 Å². The summed E-state index contributed by atoms with van der Waals surface area (Å²) in [5.41, 5.74) is 0.468. The summed E-state index contributed by atoms with van der Waals surface area (Å²) in [4.78, 5) is 0. The van der Waals surface area contributed by atoms with Crippen molar-refractivity contribution in [2.24, 2.45) is 5.92 Å². The van der Waals surface area contributed by atoms with Crippen LogP contribution in [-0.2, 0) is 0 Å². The molecule has 0 N–H and O–H groups in total. The third-order valence-corrected chi connectivity index (χ3v) is 0.543. The Kier molecular flexibility index (Phi) is 4.82. The Bertz CT molecular complexity index is 142. The van der Waals surface area contributed by atoms with Crippen molar-refractivity contribution >= 4 is 13.5 Å². The number of furan rings is 1. The second-order valence-electron chi connectivity index (χ2n) is 2.75. The molecular formula is C8H13BO. The molecule has 10 heavy (non-hydrogen) atoms. The number of hydrogen-bond acceptors (Lipinski definition) is 1. The molecule has 1 aromatic rings. The smallest absolute Gasteiger partial charge is 0.167 e. The van der Waals surface area contributed by atoms with Gasteiger partial charge in [-0.3, -0.25) is 0 Å². The number of hydrogen-bond donors (Lipinski definition) is 0.